The summed E-state index contributed by atoms with van der Waals surface area (Å²) in [4.78, 5) is 38.2. The van der Waals surface area contributed by atoms with Gasteiger partial charge in [-0.2, -0.15) is 0 Å². The summed E-state index contributed by atoms with van der Waals surface area (Å²) in [6.45, 7) is 6.32. The molecule has 0 aromatic carbocycles. The Kier molecular flexibility index (Phi) is 55.5. The monoisotopic (exact) mass is 995 g/mol. The molecule has 6 nitrogen and oxygen atoms in total. The molecular weight excluding hydrogens is 889 g/mol. The van der Waals surface area contributed by atoms with Crippen LogP contribution in [0.1, 0.15) is 245 Å². The third kappa shape index (κ3) is 56.5. The van der Waals surface area contributed by atoms with E-state index in [1.165, 1.54) is 83.5 Å². The minimum atomic E-state index is -0.828. The largest absolute Gasteiger partial charge is 0.462 e. The lowest BCUT2D eigenvalue weighted by Gasteiger charge is -2.18. The number of carbonyl (C=O) groups excluding carboxylic acids is 3. The second-order valence-electron chi connectivity index (χ2n) is 18.8. The van der Waals surface area contributed by atoms with Crippen molar-refractivity contribution in [1.29, 1.82) is 0 Å². The van der Waals surface area contributed by atoms with Crippen LogP contribution in [0.4, 0.5) is 0 Å². The smallest absolute Gasteiger partial charge is 0.306 e. The van der Waals surface area contributed by atoms with Gasteiger partial charge >= 0.3 is 17.9 Å². The number of hydrogen-bond donors (Lipinski definition) is 0. The SMILES string of the molecule is CC/C=C\C/C=C\C/C=C\C/C=C\C/C=C\C/C=C\CCC(=O)OCC(COC(=O)CCCCC/C=C\C=C/CCCCCCCCC)OC(=O)CCCCCCCCCCC/C=C\C/C=C\C/C=C\CC. The Bertz CT molecular complexity index is 1560. The van der Waals surface area contributed by atoms with Crippen molar-refractivity contribution < 1.29 is 28.6 Å². The number of unbranched alkanes of at least 4 members (excludes halogenated alkanes) is 19. The van der Waals surface area contributed by atoms with Crippen LogP contribution < -0.4 is 0 Å². The summed E-state index contributed by atoms with van der Waals surface area (Å²) in [6.07, 6.45) is 83.1. The number of ether oxygens (including phenoxy) is 3. The normalized spacial score (nSPS) is 13.1. The van der Waals surface area contributed by atoms with E-state index < -0.39 is 6.10 Å². The zero-order chi connectivity index (χ0) is 52.2. The topological polar surface area (TPSA) is 78.9 Å². The highest BCUT2D eigenvalue weighted by Crippen LogP contribution is 2.14. The minimum Gasteiger partial charge on any atom is -0.462 e. The van der Waals surface area contributed by atoms with Crippen LogP contribution in [0.15, 0.2) is 134 Å². The van der Waals surface area contributed by atoms with Crippen molar-refractivity contribution in [3.8, 4) is 0 Å². The van der Waals surface area contributed by atoms with Crippen LogP contribution in [-0.4, -0.2) is 37.2 Å². The van der Waals surface area contributed by atoms with E-state index in [-0.39, 0.29) is 37.5 Å². The Morgan fingerprint density at radius 1 is 0.306 bits per heavy atom. The summed E-state index contributed by atoms with van der Waals surface area (Å²) in [5.74, 6) is -1.04. The van der Waals surface area contributed by atoms with Crippen LogP contribution in [0.2, 0.25) is 0 Å². The van der Waals surface area contributed by atoms with Gasteiger partial charge in [-0.15, -0.1) is 0 Å². The van der Waals surface area contributed by atoms with Gasteiger partial charge in [-0.1, -0.05) is 244 Å². The van der Waals surface area contributed by atoms with Crippen LogP contribution in [0.25, 0.3) is 0 Å². The summed E-state index contributed by atoms with van der Waals surface area (Å²) in [6, 6.07) is 0. The van der Waals surface area contributed by atoms with E-state index in [0.29, 0.717) is 19.3 Å². The van der Waals surface area contributed by atoms with E-state index in [1.54, 1.807) is 0 Å². The van der Waals surface area contributed by atoms with E-state index in [0.717, 1.165) is 116 Å². The number of esters is 3. The number of allylic oxidation sites excluding steroid dienone is 22. The van der Waals surface area contributed by atoms with Gasteiger partial charge in [0.25, 0.3) is 0 Å². The molecule has 1 unspecified atom stereocenters. The Hall–Kier alpha value is -4.45. The van der Waals surface area contributed by atoms with Crippen LogP contribution in [0.3, 0.4) is 0 Å². The zero-order valence-electron chi connectivity index (χ0n) is 46.4. The van der Waals surface area contributed by atoms with Crippen molar-refractivity contribution in [3.05, 3.63) is 134 Å². The van der Waals surface area contributed by atoms with Crippen molar-refractivity contribution in [3.63, 3.8) is 0 Å². The van der Waals surface area contributed by atoms with Crippen LogP contribution >= 0.6 is 0 Å². The molecule has 6 heteroatoms. The molecule has 0 heterocycles. The van der Waals surface area contributed by atoms with Crippen LogP contribution in [-0.2, 0) is 28.6 Å². The summed E-state index contributed by atoms with van der Waals surface area (Å²) in [7, 11) is 0. The summed E-state index contributed by atoms with van der Waals surface area (Å²) >= 11 is 0. The molecule has 0 aliphatic carbocycles. The first-order valence-electron chi connectivity index (χ1n) is 29.2. The minimum absolute atomic E-state index is 0.121. The molecule has 0 fully saturated rings. The van der Waals surface area contributed by atoms with Gasteiger partial charge in [0.1, 0.15) is 13.2 Å². The summed E-state index contributed by atoms with van der Waals surface area (Å²) in [5.41, 5.74) is 0. The third-order valence-electron chi connectivity index (χ3n) is 11.9. The van der Waals surface area contributed by atoms with E-state index in [4.69, 9.17) is 14.2 Å². The van der Waals surface area contributed by atoms with Gasteiger partial charge in [0.2, 0.25) is 0 Å². The standard InChI is InChI=1S/C66H106O6/c1-4-7-10-13-16-19-22-25-28-31-33-35-38-41-44-47-50-53-56-59-65(68)71-62-63(61-70-64(67)58-55-52-49-46-43-40-37-30-27-24-21-18-15-12-9-6-3)72-66(69)60-57-54-51-48-45-42-39-36-34-32-29-26-23-20-17-14-11-8-5-2/h7-8,10-11,16-17,19-20,25-26,28-30,33,35,37,40-41,43-44,50,53,63H,4-6,9,12-15,18,21-24,27,31-32,34,36,38-39,42,45-49,51-52,54-62H2,1-3H3/b10-7-,11-8-,19-16-,20-17-,28-25-,29-26-,35-33-,37-30-,43-40-,44-41-,53-50-. The molecule has 0 aromatic rings. The molecule has 0 aliphatic rings. The first kappa shape index (κ1) is 67.5. The molecule has 0 amide bonds. The molecular formula is C66H106O6. The summed E-state index contributed by atoms with van der Waals surface area (Å²) in [5, 5.41) is 0. The lowest BCUT2D eigenvalue weighted by molar-refractivity contribution is -0.166. The number of rotatable bonds is 51. The molecule has 0 radical (unpaired) electrons. The Balaban J connectivity index is 4.56. The average Bonchev–Trinajstić information content (AvgIpc) is 3.38. The molecule has 0 aromatic heterocycles. The fraction of sp³-hybridized carbons (Fsp3) is 0.621. The van der Waals surface area contributed by atoms with Gasteiger partial charge in [0.05, 0.1) is 0 Å². The quantitative estimate of drug-likeness (QED) is 0.0199. The highest BCUT2D eigenvalue weighted by Gasteiger charge is 2.19. The van der Waals surface area contributed by atoms with E-state index in [9.17, 15) is 14.4 Å². The molecule has 0 spiro atoms. The van der Waals surface area contributed by atoms with E-state index in [1.807, 2.05) is 6.08 Å². The Morgan fingerprint density at radius 3 is 1.03 bits per heavy atom. The van der Waals surface area contributed by atoms with E-state index >= 15 is 0 Å². The van der Waals surface area contributed by atoms with Gasteiger partial charge in [-0.05, 0) is 116 Å². The van der Waals surface area contributed by atoms with Crippen LogP contribution in [0, 0.1) is 0 Å². The zero-order valence-corrected chi connectivity index (χ0v) is 46.4. The Labute approximate surface area is 443 Å². The van der Waals surface area contributed by atoms with Crippen molar-refractivity contribution in [2.24, 2.45) is 0 Å². The molecule has 0 N–H and O–H groups in total. The fourth-order valence-corrected chi connectivity index (χ4v) is 7.59. The second kappa shape index (κ2) is 59.1. The maximum Gasteiger partial charge on any atom is 0.306 e. The van der Waals surface area contributed by atoms with Gasteiger partial charge in [0.15, 0.2) is 6.10 Å². The fourth-order valence-electron chi connectivity index (χ4n) is 7.59. The van der Waals surface area contributed by atoms with Crippen LogP contribution in [0.5, 0.6) is 0 Å². The maximum absolute atomic E-state index is 12.9. The van der Waals surface area contributed by atoms with Gasteiger partial charge in [-0.25, -0.2) is 0 Å². The van der Waals surface area contributed by atoms with Gasteiger partial charge < -0.3 is 14.2 Å². The molecule has 0 bridgehead atoms. The first-order valence-corrected chi connectivity index (χ1v) is 29.2. The van der Waals surface area contributed by atoms with Gasteiger partial charge in [0, 0.05) is 19.3 Å². The second-order valence-corrected chi connectivity index (χ2v) is 18.8. The molecule has 1 atom stereocenters. The Morgan fingerprint density at radius 2 is 0.611 bits per heavy atom. The highest BCUT2D eigenvalue weighted by molar-refractivity contribution is 5.71. The van der Waals surface area contributed by atoms with Crippen molar-refractivity contribution >= 4 is 17.9 Å². The highest BCUT2D eigenvalue weighted by atomic mass is 16.6. The third-order valence-corrected chi connectivity index (χ3v) is 11.9. The van der Waals surface area contributed by atoms with Crippen molar-refractivity contribution in [2.75, 3.05) is 13.2 Å². The van der Waals surface area contributed by atoms with Gasteiger partial charge in [-0.3, -0.25) is 14.4 Å². The van der Waals surface area contributed by atoms with E-state index in [2.05, 4.69) is 148 Å². The molecule has 0 aliphatic heterocycles. The van der Waals surface area contributed by atoms with Crippen molar-refractivity contribution in [1.82, 2.24) is 0 Å². The predicted octanol–water partition coefficient (Wildman–Crippen LogP) is 19.8. The lowest BCUT2D eigenvalue weighted by Crippen LogP contribution is -2.30. The predicted molar refractivity (Wildman–Crippen MR) is 311 cm³/mol. The number of carbonyl (C=O) groups is 3. The summed E-state index contributed by atoms with van der Waals surface area (Å²) < 4.78 is 16.8. The lowest BCUT2D eigenvalue weighted by atomic mass is 10.1. The molecule has 0 saturated heterocycles. The molecule has 0 saturated carbocycles. The molecule has 72 heavy (non-hydrogen) atoms. The average molecular weight is 996 g/mol. The molecule has 0 rings (SSSR count). The number of hydrogen-bond acceptors (Lipinski definition) is 6. The van der Waals surface area contributed by atoms with Crippen molar-refractivity contribution in [2.45, 2.75) is 252 Å². The first-order chi connectivity index (χ1) is 35.5. The maximum atomic E-state index is 12.9. The molecule has 406 valence electrons.